The van der Waals surface area contributed by atoms with Crippen molar-refractivity contribution in [3.8, 4) is 0 Å². The fourth-order valence-corrected chi connectivity index (χ4v) is 6.07. The van der Waals surface area contributed by atoms with Gasteiger partial charge in [-0.3, -0.25) is 9.69 Å². The summed E-state index contributed by atoms with van der Waals surface area (Å²) in [5.74, 6) is -0.461. The van der Waals surface area contributed by atoms with Crippen molar-refractivity contribution < 1.29 is 13.2 Å². The van der Waals surface area contributed by atoms with E-state index in [0.29, 0.717) is 35.4 Å². The van der Waals surface area contributed by atoms with Gasteiger partial charge in [0, 0.05) is 36.1 Å². The number of rotatable bonds is 5. The topological polar surface area (TPSA) is 83.7 Å². The number of nitrogens with two attached hydrogens (primary N) is 1. The van der Waals surface area contributed by atoms with Crippen LogP contribution in [0.3, 0.4) is 0 Å². The molecule has 9 heteroatoms. The third kappa shape index (κ3) is 3.94. The second kappa shape index (κ2) is 7.66. The molecule has 2 heterocycles. The summed E-state index contributed by atoms with van der Waals surface area (Å²) in [4.78, 5) is 14.9. The second-order valence-corrected chi connectivity index (χ2v) is 10.1. The first kappa shape index (κ1) is 19.3. The summed E-state index contributed by atoms with van der Waals surface area (Å²) in [6, 6.07) is 9.82. The van der Waals surface area contributed by atoms with Crippen LogP contribution in [0.4, 0.5) is 0 Å². The van der Waals surface area contributed by atoms with Crippen LogP contribution in [-0.2, 0) is 14.8 Å². The van der Waals surface area contributed by atoms with Crippen LogP contribution in [0.1, 0.15) is 16.5 Å². The Balaban J connectivity index is 1.74. The number of benzene rings is 1. The maximum Gasteiger partial charge on any atom is 0.252 e. The van der Waals surface area contributed by atoms with Crippen molar-refractivity contribution in [2.45, 2.75) is 17.2 Å². The molecule has 1 aromatic carbocycles. The number of hydrogen-bond donors (Lipinski definition) is 1. The van der Waals surface area contributed by atoms with E-state index in [-0.39, 0.29) is 0 Å². The van der Waals surface area contributed by atoms with Crippen LogP contribution in [0.2, 0.25) is 5.02 Å². The van der Waals surface area contributed by atoms with E-state index in [2.05, 4.69) is 0 Å². The highest BCUT2D eigenvalue weighted by molar-refractivity contribution is 7.91. The molecule has 0 radical (unpaired) electrons. The molecular formula is C17H20ClN3O3S2. The molecule has 26 heavy (non-hydrogen) atoms. The Morgan fingerprint density at radius 2 is 1.73 bits per heavy atom. The highest BCUT2D eigenvalue weighted by atomic mass is 35.5. The molecule has 0 bridgehead atoms. The summed E-state index contributed by atoms with van der Waals surface area (Å²) < 4.78 is 27.3. The summed E-state index contributed by atoms with van der Waals surface area (Å²) in [5.41, 5.74) is 6.36. The minimum atomic E-state index is -3.49. The van der Waals surface area contributed by atoms with Crippen molar-refractivity contribution in [2.24, 2.45) is 5.73 Å². The zero-order valence-corrected chi connectivity index (χ0v) is 16.6. The summed E-state index contributed by atoms with van der Waals surface area (Å²) in [6.07, 6.45) is 0. The van der Waals surface area contributed by atoms with Gasteiger partial charge in [-0.25, -0.2) is 8.42 Å². The molecule has 140 valence electrons. The maximum atomic E-state index is 12.7. The van der Waals surface area contributed by atoms with E-state index in [0.717, 1.165) is 10.4 Å². The van der Waals surface area contributed by atoms with E-state index >= 15 is 0 Å². The minimum Gasteiger partial charge on any atom is -0.368 e. The molecule has 6 nitrogen and oxygen atoms in total. The number of sulfonamides is 1. The van der Waals surface area contributed by atoms with Gasteiger partial charge in [-0.15, -0.1) is 11.3 Å². The third-order valence-electron chi connectivity index (χ3n) is 4.40. The number of halogens is 1. The smallest absolute Gasteiger partial charge is 0.252 e. The van der Waals surface area contributed by atoms with Crippen LogP contribution in [0.15, 0.2) is 40.6 Å². The molecule has 1 fully saturated rings. The molecule has 1 aromatic heterocycles. The number of carbonyl (C=O) groups excluding carboxylic acids is 1. The van der Waals surface area contributed by atoms with Crippen molar-refractivity contribution in [2.75, 3.05) is 26.2 Å². The zero-order valence-electron chi connectivity index (χ0n) is 14.3. The standard InChI is InChI=1S/C17H20ClN3O3S2/c1-12-2-7-15(25-12)26(23,24)21-10-8-20(9-11-21)16(17(19)22)13-3-5-14(18)6-4-13/h2-7,16H,8-11H2,1H3,(H2,19,22)/t16-/m1/s1. The van der Waals surface area contributed by atoms with Gasteiger partial charge in [-0.05, 0) is 36.8 Å². The van der Waals surface area contributed by atoms with E-state index in [1.807, 2.05) is 11.8 Å². The Morgan fingerprint density at radius 3 is 2.23 bits per heavy atom. The quantitative estimate of drug-likeness (QED) is 0.814. The lowest BCUT2D eigenvalue weighted by molar-refractivity contribution is -0.124. The summed E-state index contributed by atoms with van der Waals surface area (Å²) in [6.45, 7) is 3.37. The van der Waals surface area contributed by atoms with E-state index in [4.69, 9.17) is 17.3 Å². The number of carbonyl (C=O) groups is 1. The zero-order chi connectivity index (χ0) is 18.9. The van der Waals surface area contributed by atoms with Gasteiger partial charge >= 0.3 is 0 Å². The molecule has 0 aliphatic carbocycles. The Labute approximate surface area is 162 Å². The number of nitrogens with zero attached hydrogens (tertiary/aromatic N) is 2. The highest BCUT2D eigenvalue weighted by Crippen LogP contribution is 2.28. The van der Waals surface area contributed by atoms with Crippen LogP contribution in [0.5, 0.6) is 0 Å². The number of primary amides is 1. The van der Waals surface area contributed by atoms with Gasteiger partial charge < -0.3 is 5.73 Å². The van der Waals surface area contributed by atoms with Crippen LogP contribution in [-0.4, -0.2) is 49.7 Å². The predicted molar refractivity (Wildman–Crippen MR) is 103 cm³/mol. The average Bonchev–Trinajstić information content (AvgIpc) is 3.04. The molecule has 0 saturated carbocycles. The molecule has 0 unspecified atom stereocenters. The molecule has 1 aliphatic heterocycles. The van der Waals surface area contributed by atoms with E-state index in [1.54, 1.807) is 36.4 Å². The van der Waals surface area contributed by atoms with Gasteiger partial charge in [-0.2, -0.15) is 4.31 Å². The van der Waals surface area contributed by atoms with Gasteiger partial charge in [0.05, 0.1) is 0 Å². The molecular weight excluding hydrogens is 394 g/mol. The molecule has 2 aromatic rings. The fraction of sp³-hybridized carbons (Fsp3) is 0.353. The van der Waals surface area contributed by atoms with E-state index in [9.17, 15) is 13.2 Å². The third-order valence-corrected chi connectivity index (χ3v) is 8.02. The number of amides is 1. The predicted octanol–water partition coefficient (Wildman–Crippen LogP) is 2.24. The lowest BCUT2D eigenvalue weighted by Crippen LogP contribution is -2.51. The number of hydrogen-bond acceptors (Lipinski definition) is 5. The lowest BCUT2D eigenvalue weighted by Gasteiger charge is -2.37. The second-order valence-electron chi connectivity index (χ2n) is 6.16. The van der Waals surface area contributed by atoms with Crippen molar-refractivity contribution >= 4 is 38.9 Å². The summed E-state index contributed by atoms with van der Waals surface area (Å²) in [7, 11) is -3.49. The van der Waals surface area contributed by atoms with Crippen LogP contribution < -0.4 is 5.73 Å². The highest BCUT2D eigenvalue weighted by Gasteiger charge is 2.34. The first-order valence-electron chi connectivity index (χ1n) is 8.14. The van der Waals surface area contributed by atoms with Crippen molar-refractivity contribution in [1.29, 1.82) is 0 Å². The summed E-state index contributed by atoms with van der Waals surface area (Å²) in [5, 5.41) is 0.583. The Bertz CT molecular complexity index is 888. The van der Waals surface area contributed by atoms with Gasteiger partial charge in [0.2, 0.25) is 5.91 Å². The first-order valence-corrected chi connectivity index (χ1v) is 10.8. The lowest BCUT2D eigenvalue weighted by atomic mass is 10.0. The van der Waals surface area contributed by atoms with Gasteiger partial charge in [0.1, 0.15) is 10.3 Å². The number of piperazine rings is 1. The normalized spacial score (nSPS) is 17.9. The number of thiophene rings is 1. The van der Waals surface area contributed by atoms with E-state index in [1.165, 1.54) is 15.6 Å². The first-order chi connectivity index (χ1) is 12.3. The van der Waals surface area contributed by atoms with Gasteiger partial charge in [0.15, 0.2) is 0 Å². The monoisotopic (exact) mass is 413 g/mol. The van der Waals surface area contributed by atoms with E-state index < -0.39 is 22.0 Å². The Morgan fingerprint density at radius 1 is 1.12 bits per heavy atom. The van der Waals surface area contributed by atoms with Crippen LogP contribution in [0, 0.1) is 6.92 Å². The van der Waals surface area contributed by atoms with Crippen LogP contribution in [0.25, 0.3) is 0 Å². The molecule has 1 saturated heterocycles. The van der Waals surface area contributed by atoms with Gasteiger partial charge in [-0.1, -0.05) is 23.7 Å². The molecule has 0 spiro atoms. The Kier molecular flexibility index (Phi) is 5.69. The number of aryl methyl sites for hydroxylation is 1. The summed E-state index contributed by atoms with van der Waals surface area (Å²) >= 11 is 7.18. The average molecular weight is 414 g/mol. The Hall–Kier alpha value is -1.45. The minimum absolute atomic E-state index is 0.316. The maximum absolute atomic E-state index is 12.7. The van der Waals surface area contributed by atoms with Crippen molar-refractivity contribution in [3.05, 3.63) is 51.9 Å². The SMILES string of the molecule is Cc1ccc(S(=O)(=O)N2CCN([C@@H](C(N)=O)c3ccc(Cl)cc3)CC2)s1. The van der Waals surface area contributed by atoms with Crippen LogP contribution >= 0.6 is 22.9 Å². The molecule has 1 amide bonds. The molecule has 1 atom stereocenters. The molecule has 1 aliphatic rings. The van der Waals surface area contributed by atoms with Crippen molar-refractivity contribution in [1.82, 2.24) is 9.21 Å². The largest absolute Gasteiger partial charge is 0.368 e. The van der Waals surface area contributed by atoms with Crippen molar-refractivity contribution in [3.63, 3.8) is 0 Å². The fourth-order valence-electron chi connectivity index (χ4n) is 3.08. The molecule has 3 rings (SSSR count). The molecule has 2 N–H and O–H groups in total. The van der Waals surface area contributed by atoms with Gasteiger partial charge in [0.25, 0.3) is 10.0 Å².